The van der Waals surface area contributed by atoms with E-state index in [2.05, 4.69) is 14.7 Å². The molecule has 0 saturated carbocycles. The first kappa shape index (κ1) is 20.4. The van der Waals surface area contributed by atoms with Gasteiger partial charge in [0.15, 0.2) is 9.92 Å². The second kappa shape index (κ2) is 7.12. The summed E-state index contributed by atoms with van der Waals surface area (Å²) in [5, 5.41) is 20.1. The highest BCUT2D eigenvalue weighted by molar-refractivity contribution is 7.93. The Morgan fingerprint density at radius 3 is 2.31 bits per heavy atom. The molecule has 0 radical (unpaired) electrons. The first-order valence-electron chi connectivity index (χ1n) is 9.47. The molecule has 0 bridgehead atoms. The summed E-state index contributed by atoms with van der Waals surface area (Å²) in [7, 11) is -3.57. The van der Waals surface area contributed by atoms with Gasteiger partial charge in [-0.2, -0.15) is 0 Å². The van der Waals surface area contributed by atoms with Crippen LogP contribution < -0.4 is 10.5 Å². The maximum Gasteiger partial charge on any atom is 0.354 e. The van der Waals surface area contributed by atoms with Crippen molar-refractivity contribution in [1.29, 1.82) is 0 Å². The van der Waals surface area contributed by atoms with Crippen LogP contribution in [-0.4, -0.2) is 20.3 Å². The Balaban J connectivity index is 1.67. The molecule has 4 rings (SSSR count). The number of fused-ring (bicyclic) bond motifs is 2. The topological polar surface area (TPSA) is 118 Å². The molecule has 2 amide bonds. The zero-order valence-electron chi connectivity index (χ0n) is 16.2. The maximum atomic E-state index is 14.8. The lowest BCUT2D eigenvalue weighted by atomic mass is 9.98. The maximum absolute atomic E-state index is 14.8. The van der Waals surface area contributed by atoms with E-state index in [4.69, 9.17) is 5.14 Å². The third-order valence-electron chi connectivity index (χ3n) is 5.38. The average molecular weight is 439 g/mol. The number of rotatable bonds is 3. The summed E-state index contributed by atoms with van der Waals surface area (Å²) in [6.07, 6.45) is 4.36. The van der Waals surface area contributed by atoms with Gasteiger partial charge in [-0.25, -0.2) is 23.5 Å². The van der Waals surface area contributed by atoms with Crippen LogP contribution in [-0.2, 0) is 41.2 Å². The first-order valence-corrected chi connectivity index (χ1v) is 11.9. The molecule has 0 spiro atoms. The van der Waals surface area contributed by atoms with Crippen LogP contribution in [0.25, 0.3) is 0 Å². The summed E-state index contributed by atoms with van der Waals surface area (Å²) in [5.41, 5.74) is 2.66. The van der Waals surface area contributed by atoms with Crippen LogP contribution in [0.4, 0.5) is 14.9 Å². The number of nitrogens with zero attached hydrogens (tertiary/aromatic N) is 2. The van der Waals surface area contributed by atoms with E-state index >= 15 is 0 Å². The number of carbonyl (C=O) groups is 1. The van der Waals surface area contributed by atoms with Gasteiger partial charge in [0.25, 0.3) is 0 Å². The van der Waals surface area contributed by atoms with Crippen LogP contribution in [0.2, 0.25) is 0 Å². The smallest absolute Gasteiger partial charge is 0.354 e. The van der Waals surface area contributed by atoms with Crippen LogP contribution in [0.15, 0.2) is 14.1 Å². The van der Waals surface area contributed by atoms with Crippen molar-refractivity contribution in [2.24, 2.45) is 9.50 Å². The number of urea groups is 1. The molecular weight excluding hydrogens is 415 g/mol. The largest absolute Gasteiger partial charge is 0.384 e. The van der Waals surface area contributed by atoms with Gasteiger partial charge in [0, 0.05) is 11.1 Å². The molecule has 7 nitrogen and oxygen atoms in total. The monoisotopic (exact) mass is 438 g/mol. The molecule has 10 heteroatoms. The Bertz CT molecular complexity index is 1090. The van der Waals surface area contributed by atoms with E-state index in [9.17, 15) is 18.5 Å². The number of aliphatic hydroxyl groups is 1. The number of carbonyl (C=O) groups excluding carboxylic acids is 1. The molecule has 1 aromatic carbocycles. The van der Waals surface area contributed by atoms with Gasteiger partial charge in [0.05, 0.1) is 5.69 Å². The number of nitrogens with one attached hydrogen (secondary N) is 1. The summed E-state index contributed by atoms with van der Waals surface area (Å²) < 4.78 is 31.2. The zero-order chi connectivity index (χ0) is 21.0. The minimum Gasteiger partial charge on any atom is -0.384 e. The number of benzene rings is 1. The van der Waals surface area contributed by atoms with Gasteiger partial charge in [-0.15, -0.1) is 15.7 Å². The molecule has 2 aromatic rings. The van der Waals surface area contributed by atoms with Crippen molar-refractivity contribution in [3.05, 3.63) is 39.1 Å². The lowest BCUT2D eigenvalue weighted by Crippen LogP contribution is -2.20. The lowest BCUT2D eigenvalue weighted by Gasteiger charge is -2.16. The van der Waals surface area contributed by atoms with Crippen molar-refractivity contribution in [2.45, 2.75) is 62.3 Å². The number of anilines is 1. The summed E-state index contributed by atoms with van der Waals surface area (Å²) >= 11 is 0.979. The van der Waals surface area contributed by atoms with E-state index in [-0.39, 0.29) is 10.2 Å². The van der Waals surface area contributed by atoms with Crippen molar-refractivity contribution in [3.63, 3.8) is 0 Å². The molecular formula is C19H23FN4O3S2. The number of halogens is 1. The minimum absolute atomic E-state index is 0.0284. The van der Waals surface area contributed by atoms with E-state index in [0.717, 1.165) is 35.3 Å². The third kappa shape index (κ3) is 3.70. The molecule has 1 atom stereocenters. The number of hydrogen-bond donors (Lipinski definition) is 3. The standard InChI is InChI=1S/C19H23FN4O3S2/c1-19(2,26)14-9-28-18(22-14)29(21,27)24-17(25)23-16-12-7-3-5-10(12)15(20)11-6-4-8-13(11)16/h9,26H,3-8H2,1-2H3,(H3,21,23,24,25,27)/t29-/m1/s1. The van der Waals surface area contributed by atoms with Crippen LogP contribution >= 0.6 is 11.3 Å². The molecule has 0 aliphatic heterocycles. The Morgan fingerprint density at radius 2 is 1.79 bits per heavy atom. The summed E-state index contributed by atoms with van der Waals surface area (Å²) in [6, 6.07) is -0.840. The second-order valence-corrected chi connectivity index (χ2v) is 10.8. The molecule has 0 unspecified atom stereocenters. The second-order valence-electron chi connectivity index (χ2n) is 7.96. The predicted molar refractivity (Wildman–Crippen MR) is 110 cm³/mol. The van der Waals surface area contributed by atoms with Crippen LogP contribution in [0, 0.1) is 5.82 Å². The van der Waals surface area contributed by atoms with Crippen molar-refractivity contribution < 1.29 is 18.5 Å². The number of nitrogens with two attached hydrogens (primary N) is 1. The van der Waals surface area contributed by atoms with Crippen molar-refractivity contribution in [2.75, 3.05) is 5.32 Å². The quantitative estimate of drug-likeness (QED) is 0.680. The fourth-order valence-corrected chi connectivity index (χ4v) is 6.11. The van der Waals surface area contributed by atoms with E-state index in [1.165, 1.54) is 5.38 Å². The molecule has 156 valence electrons. The molecule has 2 aliphatic rings. The Kier molecular flexibility index (Phi) is 5.01. The Morgan fingerprint density at radius 1 is 1.24 bits per heavy atom. The zero-order valence-corrected chi connectivity index (χ0v) is 17.9. The van der Waals surface area contributed by atoms with Crippen LogP contribution in [0.1, 0.15) is 54.6 Å². The van der Waals surface area contributed by atoms with Gasteiger partial charge < -0.3 is 10.4 Å². The predicted octanol–water partition coefficient (Wildman–Crippen LogP) is 3.42. The first-order chi connectivity index (χ1) is 13.6. The van der Waals surface area contributed by atoms with Gasteiger partial charge in [0.2, 0.25) is 4.34 Å². The summed E-state index contributed by atoms with van der Waals surface area (Å²) in [4.78, 5) is 16.7. The third-order valence-corrected chi connectivity index (χ3v) is 8.05. The SMILES string of the molecule is CC(C)(O)c1csc([S@](N)(=O)=NC(=O)Nc2c3c(c(F)c4c2CCC4)CCC3)n1. The summed E-state index contributed by atoms with van der Waals surface area (Å²) in [5.74, 6) is -0.135. The van der Waals surface area contributed by atoms with Crippen LogP contribution in [0.5, 0.6) is 0 Å². The highest BCUT2D eigenvalue weighted by Gasteiger charge is 2.30. The fraction of sp³-hybridized carbons (Fsp3) is 0.474. The molecule has 2 aliphatic carbocycles. The molecule has 1 aromatic heterocycles. The average Bonchev–Trinajstić information content (AvgIpc) is 3.37. The van der Waals surface area contributed by atoms with E-state index in [1.54, 1.807) is 13.8 Å². The summed E-state index contributed by atoms with van der Waals surface area (Å²) in [6.45, 7) is 3.09. The Labute approximate surface area is 172 Å². The van der Waals surface area contributed by atoms with Gasteiger partial charge >= 0.3 is 6.03 Å². The molecule has 0 fully saturated rings. The number of amides is 2. The number of aromatic nitrogens is 1. The number of hydrogen-bond acceptors (Lipinski definition) is 5. The molecule has 4 N–H and O–H groups in total. The van der Waals surface area contributed by atoms with Gasteiger partial charge in [-0.05, 0) is 74.6 Å². The van der Waals surface area contributed by atoms with Gasteiger partial charge in [0.1, 0.15) is 11.4 Å². The minimum atomic E-state index is -3.57. The van der Waals surface area contributed by atoms with E-state index < -0.39 is 21.5 Å². The normalized spacial score (nSPS) is 17.6. The van der Waals surface area contributed by atoms with Crippen molar-refractivity contribution >= 4 is 33.0 Å². The molecule has 1 heterocycles. The van der Waals surface area contributed by atoms with Gasteiger partial charge in [-0.3, -0.25) is 0 Å². The van der Waals surface area contributed by atoms with Crippen molar-refractivity contribution in [1.82, 2.24) is 4.98 Å². The van der Waals surface area contributed by atoms with E-state index in [1.807, 2.05) is 0 Å². The highest BCUT2D eigenvalue weighted by atomic mass is 32.2. The Hall–Kier alpha value is -1.88. The number of thiazole rings is 1. The molecule has 29 heavy (non-hydrogen) atoms. The van der Waals surface area contributed by atoms with Crippen LogP contribution in [0.3, 0.4) is 0 Å². The fourth-order valence-electron chi connectivity index (χ4n) is 4.00. The highest BCUT2D eigenvalue weighted by Crippen LogP contribution is 2.41. The molecule has 0 saturated heterocycles. The van der Waals surface area contributed by atoms with Crippen molar-refractivity contribution in [3.8, 4) is 0 Å². The lowest BCUT2D eigenvalue weighted by molar-refractivity contribution is 0.0741. The van der Waals surface area contributed by atoms with Gasteiger partial charge in [-0.1, -0.05) is 0 Å². The van der Waals surface area contributed by atoms with E-state index in [0.29, 0.717) is 48.2 Å².